The van der Waals surface area contributed by atoms with Crippen LogP contribution < -0.4 is 0 Å². The Morgan fingerprint density at radius 3 is 1.29 bits per heavy atom. The number of ether oxygens (including phenoxy) is 3. The smallest absolute Gasteiger partial charge is 0.362 e. The number of carboxylic acids is 1. The van der Waals surface area contributed by atoms with E-state index < -0.39 is 18.1 Å². The van der Waals surface area contributed by atoms with Crippen LogP contribution in [-0.2, 0) is 28.6 Å². The highest BCUT2D eigenvalue weighted by Crippen LogP contribution is 2.15. The first-order valence-electron chi connectivity index (χ1n) is 23.7. The summed E-state index contributed by atoms with van der Waals surface area (Å²) in [6, 6.07) is -0.611. The van der Waals surface area contributed by atoms with Crippen LogP contribution in [0.4, 0.5) is 0 Å². The Labute approximate surface area is 346 Å². The highest BCUT2D eigenvalue weighted by molar-refractivity contribution is 5.72. The minimum atomic E-state index is -0.873. The first-order chi connectivity index (χ1) is 27.1. The van der Waals surface area contributed by atoms with Gasteiger partial charge in [-0.25, -0.2) is 4.79 Å². The average Bonchev–Trinajstić information content (AvgIpc) is 3.15. The van der Waals surface area contributed by atoms with Crippen molar-refractivity contribution >= 4 is 17.9 Å². The molecule has 0 spiro atoms. The maximum absolute atomic E-state index is 12.7. The fraction of sp³-hybridized carbons (Fsp3) is 0.896. The molecule has 2 unspecified atom stereocenters. The molecular formula is C48H92NO7+. The number of carbonyl (C=O) groups is 3. The Morgan fingerprint density at radius 2 is 0.893 bits per heavy atom. The van der Waals surface area contributed by atoms with Crippen molar-refractivity contribution in [1.29, 1.82) is 0 Å². The molecule has 0 saturated heterocycles. The van der Waals surface area contributed by atoms with E-state index in [9.17, 15) is 19.5 Å². The van der Waals surface area contributed by atoms with Crippen LogP contribution >= 0.6 is 0 Å². The van der Waals surface area contributed by atoms with Crippen molar-refractivity contribution in [3.8, 4) is 0 Å². The van der Waals surface area contributed by atoms with Crippen LogP contribution in [0.15, 0.2) is 12.2 Å². The van der Waals surface area contributed by atoms with Crippen molar-refractivity contribution < 1.29 is 38.2 Å². The number of nitrogens with zero attached hydrogens (tertiary/aromatic N) is 1. The second kappa shape index (κ2) is 39.9. The number of carbonyl (C=O) groups excluding carboxylic acids is 2. The lowest BCUT2D eigenvalue weighted by molar-refractivity contribution is -0.887. The number of esters is 2. The summed E-state index contributed by atoms with van der Waals surface area (Å²) in [6.07, 6.45) is 42.6. The van der Waals surface area contributed by atoms with Gasteiger partial charge in [0.05, 0.1) is 34.4 Å². The van der Waals surface area contributed by atoms with E-state index in [4.69, 9.17) is 14.2 Å². The summed E-state index contributed by atoms with van der Waals surface area (Å²) in [4.78, 5) is 37.0. The summed E-state index contributed by atoms with van der Waals surface area (Å²) in [5.74, 6) is -1.46. The summed E-state index contributed by atoms with van der Waals surface area (Å²) >= 11 is 0. The van der Waals surface area contributed by atoms with Gasteiger partial charge in [-0.15, -0.1) is 0 Å². The number of carboxylic acid groups (broad SMARTS) is 1. The van der Waals surface area contributed by atoms with Crippen molar-refractivity contribution in [3.05, 3.63) is 12.2 Å². The molecule has 8 heteroatoms. The Hall–Kier alpha value is -1.93. The van der Waals surface area contributed by atoms with Gasteiger partial charge in [-0.2, -0.15) is 0 Å². The van der Waals surface area contributed by atoms with Gasteiger partial charge in [-0.3, -0.25) is 9.59 Å². The van der Waals surface area contributed by atoms with Gasteiger partial charge < -0.3 is 23.8 Å². The molecule has 0 bridgehead atoms. The molecule has 0 aliphatic rings. The van der Waals surface area contributed by atoms with E-state index in [0.29, 0.717) is 19.3 Å². The van der Waals surface area contributed by atoms with Gasteiger partial charge in [-0.05, 0) is 38.5 Å². The average molecular weight is 795 g/mol. The molecule has 0 radical (unpaired) electrons. The quantitative estimate of drug-likeness (QED) is 0.0284. The highest BCUT2D eigenvalue weighted by Gasteiger charge is 2.31. The third-order valence-electron chi connectivity index (χ3n) is 10.9. The van der Waals surface area contributed by atoms with Crippen molar-refractivity contribution in [2.24, 2.45) is 0 Å². The number of likely N-dealkylation sites (N-methyl/N-ethyl adjacent to an activating group) is 1. The van der Waals surface area contributed by atoms with Crippen molar-refractivity contribution in [2.75, 3.05) is 41.0 Å². The van der Waals surface area contributed by atoms with E-state index in [-0.39, 0.29) is 36.2 Å². The molecular weight excluding hydrogens is 703 g/mol. The second-order valence-corrected chi connectivity index (χ2v) is 17.4. The van der Waals surface area contributed by atoms with Crippen molar-refractivity contribution in [3.63, 3.8) is 0 Å². The fourth-order valence-electron chi connectivity index (χ4n) is 7.21. The van der Waals surface area contributed by atoms with Crippen LogP contribution in [0.5, 0.6) is 0 Å². The summed E-state index contributed by atoms with van der Waals surface area (Å²) < 4.78 is 17.3. The molecule has 56 heavy (non-hydrogen) atoms. The Balaban J connectivity index is 4.22. The maximum Gasteiger partial charge on any atom is 0.362 e. The van der Waals surface area contributed by atoms with E-state index in [1.54, 1.807) is 0 Å². The Kier molecular flexibility index (Phi) is 38.5. The van der Waals surface area contributed by atoms with E-state index in [1.165, 1.54) is 154 Å². The van der Waals surface area contributed by atoms with Crippen LogP contribution in [0, 0.1) is 0 Å². The molecule has 0 aromatic carbocycles. The number of hydrogen-bond donors (Lipinski definition) is 1. The van der Waals surface area contributed by atoms with E-state index in [2.05, 4.69) is 26.0 Å². The molecule has 330 valence electrons. The molecule has 0 rings (SSSR count). The molecule has 0 amide bonds. The lowest BCUT2D eigenvalue weighted by Gasteiger charge is -2.31. The molecule has 0 aliphatic heterocycles. The van der Waals surface area contributed by atoms with Gasteiger partial charge in [-0.1, -0.05) is 180 Å². The molecule has 2 atom stereocenters. The number of aliphatic carboxylic acids is 1. The van der Waals surface area contributed by atoms with Gasteiger partial charge >= 0.3 is 17.9 Å². The van der Waals surface area contributed by atoms with Gasteiger partial charge in [0.15, 0.2) is 12.1 Å². The molecule has 0 heterocycles. The monoisotopic (exact) mass is 795 g/mol. The van der Waals surface area contributed by atoms with Crippen molar-refractivity contribution in [2.45, 2.75) is 238 Å². The predicted molar refractivity (Wildman–Crippen MR) is 234 cm³/mol. The zero-order chi connectivity index (χ0) is 41.4. The number of allylic oxidation sites excluding steroid dienone is 2. The van der Waals surface area contributed by atoms with E-state index in [0.717, 1.165) is 38.5 Å². The van der Waals surface area contributed by atoms with Crippen LogP contribution in [0.3, 0.4) is 0 Å². The van der Waals surface area contributed by atoms with E-state index in [1.807, 2.05) is 21.1 Å². The van der Waals surface area contributed by atoms with Crippen LogP contribution in [0.25, 0.3) is 0 Å². The number of rotatable bonds is 43. The maximum atomic E-state index is 12.7. The standard InChI is InChI=1S/C48H91NO7/c1-6-8-10-12-14-16-18-19-20-21-22-23-24-25-26-27-29-31-33-35-37-39-47(51)56-44(42-54-41-40-45(48(52)53)49(3,4)5)43-55-46(50)38-36-34-32-30-28-17-15-13-11-9-7-2/h23-24,44-45H,6-22,25-43H2,1-5H3/p+1/b24-23+. The third kappa shape index (κ3) is 37.6. The zero-order valence-electron chi connectivity index (χ0n) is 37.6. The SMILES string of the molecule is CCCCCCCCCCCC/C=C/CCCCCCCCCC(=O)OC(COCCC(C(=O)O)[N+](C)(C)C)COC(=O)CCCCCCCCCCCCC. The topological polar surface area (TPSA) is 99.1 Å². The van der Waals surface area contributed by atoms with Crippen LogP contribution in [-0.4, -0.2) is 80.6 Å². The third-order valence-corrected chi connectivity index (χ3v) is 10.9. The molecule has 8 nitrogen and oxygen atoms in total. The number of unbranched alkanes of at least 4 members (excludes halogenated alkanes) is 27. The molecule has 0 aromatic heterocycles. The van der Waals surface area contributed by atoms with Crippen molar-refractivity contribution in [1.82, 2.24) is 0 Å². The summed E-state index contributed by atoms with van der Waals surface area (Å²) in [5.41, 5.74) is 0. The highest BCUT2D eigenvalue weighted by atomic mass is 16.6. The molecule has 0 fully saturated rings. The Morgan fingerprint density at radius 1 is 0.518 bits per heavy atom. The molecule has 0 saturated carbocycles. The molecule has 0 aliphatic carbocycles. The Bertz CT molecular complexity index is 931. The number of hydrogen-bond acceptors (Lipinski definition) is 6. The minimum absolute atomic E-state index is 0.0468. The van der Waals surface area contributed by atoms with Crippen LogP contribution in [0.1, 0.15) is 226 Å². The molecule has 0 aromatic rings. The van der Waals surface area contributed by atoms with Gasteiger partial charge in [0, 0.05) is 19.3 Å². The predicted octanol–water partition coefficient (Wildman–Crippen LogP) is 13.1. The second-order valence-electron chi connectivity index (χ2n) is 17.4. The summed E-state index contributed by atoms with van der Waals surface area (Å²) in [6.45, 7) is 4.75. The van der Waals surface area contributed by atoms with Crippen LogP contribution in [0.2, 0.25) is 0 Å². The first-order valence-corrected chi connectivity index (χ1v) is 23.7. The number of quaternary nitrogens is 1. The lowest BCUT2D eigenvalue weighted by atomic mass is 10.1. The van der Waals surface area contributed by atoms with Gasteiger partial charge in [0.25, 0.3) is 0 Å². The van der Waals surface area contributed by atoms with E-state index >= 15 is 0 Å². The zero-order valence-corrected chi connectivity index (χ0v) is 37.6. The minimum Gasteiger partial charge on any atom is -0.477 e. The largest absolute Gasteiger partial charge is 0.477 e. The first kappa shape index (κ1) is 54.1. The van der Waals surface area contributed by atoms with Gasteiger partial charge in [0.2, 0.25) is 0 Å². The fourth-order valence-corrected chi connectivity index (χ4v) is 7.21. The normalized spacial score (nSPS) is 12.9. The lowest BCUT2D eigenvalue weighted by Crippen LogP contribution is -2.50. The summed E-state index contributed by atoms with van der Waals surface area (Å²) in [7, 11) is 5.53. The van der Waals surface area contributed by atoms with Gasteiger partial charge in [0.1, 0.15) is 6.61 Å². The summed E-state index contributed by atoms with van der Waals surface area (Å²) in [5, 5.41) is 9.62. The molecule has 1 N–H and O–H groups in total.